The first-order valence-electron chi connectivity index (χ1n) is 5.86. The van der Waals surface area contributed by atoms with Gasteiger partial charge in [-0.1, -0.05) is 0 Å². The second-order valence-electron chi connectivity index (χ2n) is 4.45. The molecule has 2 N–H and O–H groups in total. The van der Waals surface area contributed by atoms with Crippen molar-refractivity contribution in [2.24, 2.45) is 0 Å². The molecule has 0 bridgehead atoms. The number of piperidine rings is 1. The minimum atomic E-state index is 0.0102. The van der Waals surface area contributed by atoms with E-state index in [-0.39, 0.29) is 5.56 Å². The smallest absolute Gasteiger partial charge is 0.272 e. The first kappa shape index (κ1) is 11.3. The number of hydrogen-bond donors (Lipinski definition) is 2. The van der Waals surface area contributed by atoms with E-state index in [0.29, 0.717) is 6.04 Å². The SMILES string of the molecule is O=c1[nH]ccc2c(I)cn(C3CCCNC3)c12. The number of pyridine rings is 1. The van der Waals surface area contributed by atoms with Gasteiger partial charge in [-0.2, -0.15) is 0 Å². The Hall–Kier alpha value is -0.820. The zero-order valence-corrected chi connectivity index (χ0v) is 11.5. The predicted octanol–water partition coefficient (Wildman–Crippen LogP) is 1.86. The number of nitrogens with one attached hydrogen (secondary N) is 2. The van der Waals surface area contributed by atoms with Gasteiger partial charge in [0.1, 0.15) is 5.52 Å². The molecule has 2 aromatic heterocycles. The molecule has 90 valence electrons. The fourth-order valence-electron chi connectivity index (χ4n) is 2.53. The van der Waals surface area contributed by atoms with E-state index >= 15 is 0 Å². The average Bonchev–Trinajstić information content (AvgIpc) is 2.70. The number of H-pyrrole nitrogens is 1. The van der Waals surface area contributed by atoms with Crippen LogP contribution >= 0.6 is 22.6 Å². The first-order chi connectivity index (χ1) is 8.27. The zero-order chi connectivity index (χ0) is 11.8. The Bertz CT molecular complexity index is 595. The summed E-state index contributed by atoms with van der Waals surface area (Å²) in [5.41, 5.74) is 0.821. The Morgan fingerprint density at radius 1 is 1.47 bits per heavy atom. The number of aromatic nitrogens is 2. The lowest BCUT2D eigenvalue weighted by Crippen LogP contribution is -2.32. The molecule has 0 spiro atoms. The molecule has 3 heterocycles. The van der Waals surface area contributed by atoms with Crippen molar-refractivity contribution in [2.45, 2.75) is 18.9 Å². The largest absolute Gasteiger partial charge is 0.338 e. The summed E-state index contributed by atoms with van der Waals surface area (Å²) in [5.74, 6) is 0. The molecule has 1 saturated heterocycles. The Balaban J connectivity index is 2.19. The second kappa shape index (κ2) is 4.45. The molecule has 1 fully saturated rings. The molecule has 2 aromatic rings. The van der Waals surface area contributed by atoms with Gasteiger partial charge < -0.3 is 14.9 Å². The summed E-state index contributed by atoms with van der Waals surface area (Å²) in [6, 6.07) is 2.38. The summed E-state index contributed by atoms with van der Waals surface area (Å²) in [5, 5.41) is 4.45. The zero-order valence-electron chi connectivity index (χ0n) is 9.37. The molecule has 3 rings (SSSR count). The highest BCUT2D eigenvalue weighted by Crippen LogP contribution is 2.26. The molecule has 0 saturated carbocycles. The molecule has 1 unspecified atom stereocenters. The highest BCUT2D eigenvalue weighted by Gasteiger charge is 2.19. The number of nitrogens with zero attached hydrogens (tertiary/aromatic N) is 1. The minimum Gasteiger partial charge on any atom is -0.338 e. The molecule has 0 radical (unpaired) electrons. The third kappa shape index (κ3) is 1.91. The molecule has 0 amide bonds. The van der Waals surface area contributed by atoms with Crippen LogP contribution in [0.4, 0.5) is 0 Å². The lowest BCUT2D eigenvalue weighted by Gasteiger charge is -2.24. The van der Waals surface area contributed by atoms with E-state index in [4.69, 9.17) is 0 Å². The maximum absolute atomic E-state index is 12.0. The van der Waals surface area contributed by atoms with Crippen LogP contribution in [0, 0.1) is 3.57 Å². The van der Waals surface area contributed by atoms with Gasteiger partial charge in [0.2, 0.25) is 0 Å². The molecule has 5 heteroatoms. The van der Waals surface area contributed by atoms with Crippen molar-refractivity contribution in [2.75, 3.05) is 13.1 Å². The van der Waals surface area contributed by atoms with Crippen LogP contribution < -0.4 is 10.9 Å². The molecule has 0 aliphatic carbocycles. The van der Waals surface area contributed by atoms with Gasteiger partial charge in [-0.15, -0.1) is 0 Å². The first-order valence-corrected chi connectivity index (χ1v) is 6.93. The summed E-state index contributed by atoms with van der Waals surface area (Å²) < 4.78 is 3.29. The van der Waals surface area contributed by atoms with Gasteiger partial charge in [0, 0.05) is 33.9 Å². The van der Waals surface area contributed by atoms with Crippen molar-refractivity contribution in [3.8, 4) is 0 Å². The van der Waals surface area contributed by atoms with Gasteiger partial charge in [-0.05, 0) is 48.0 Å². The van der Waals surface area contributed by atoms with Crippen molar-refractivity contribution in [3.05, 3.63) is 32.4 Å². The molecular formula is C12H14IN3O. The van der Waals surface area contributed by atoms with E-state index in [1.165, 1.54) is 6.42 Å². The van der Waals surface area contributed by atoms with E-state index in [2.05, 4.69) is 43.7 Å². The van der Waals surface area contributed by atoms with Crippen LogP contribution in [-0.4, -0.2) is 22.6 Å². The molecular weight excluding hydrogens is 329 g/mol. The van der Waals surface area contributed by atoms with Crippen LogP contribution in [0.1, 0.15) is 18.9 Å². The van der Waals surface area contributed by atoms with Crippen LogP contribution in [0.25, 0.3) is 10.9 Å². The van der Waals surface area contributed by atoms with Gasteiger partial charge in [0.25, 0.3) is 5.56 Å². The van der Waals surface area contributed by atoms with Crippen LogP contribution in [0.15, 0.2) is 23.3 Å². The Morgan fingerprint density at radius 2 is 2.35 bits per heavy atom. The monoisotopic (exact) mass is 343 g/mol. The highest BCUT2D eigenvalue weighted by atomic mass is 127. The molecule has 1 aliphatic heterocycles. The Morgan fingerprint density at radius 3 is 3.12 bits per heavy atom. The van der Waals surface area contributed by atoms with Gasteiger partial charge >= 0.3 is 0 Å². The summed E-state index contributed by atoms with van der Waals surface area (Å²) in [4.78, 5) is 14.7. The summed E-state index contributed by atoms with van der Waals surface area (Å²) in [7, 11) is 0. The van der Waals surface area contributed by atoms with Gasteiger partial charge in [0.15, 0.2) is 0 Å². The van der Waals surface area contributed by atoms with Crippen molar-refractivity contribution in [1.82, 2.24) is 14.9 Å². The molecule has 1 aliphatic rings. The van der Waals surface area contributed by atoms with Crippen LogP contribution in [0.5, 0.6) is 0 Å². The minimum absolute atomic E-state index is 0.0102. The van der Waals surface area contributed by atoms with E-state index in [0.717, 1.165) is 34.0 Å². The lowest BCUT2D eigenvalue weighted by molar-refractivity contribution is 0.378. The topological polar surface area (TPSA) is 49.8 Å². The fourth-order valence-corrected chi connectivity index (χ4v) is 3.27. The maximum atomic E-state index is 12.0. The molecule has 17 heavy (non-hydrogen) atoms. The van der Waals surface area contributed by atoms with E-state index in [1.807, 2.05) is 6.07 Å². The van der Waals surface area contributed by atoms with Gasteiger partial charge in [-0.3, -0.25) is 4.79 Å². The summed E-state index contributed by atoms with van der Waals surface area (Å²) in [6.07, 6.45) is 6.13. The number of halogens is 1. The number of hydrogen-bond acceptors (Lipinski definition) is 2. The molecule has 4 nitrogen and oxygen atoms in total. The molecule has 0 aromatic carbocycles. The number of rotatable bonds is 1. The van der Waals surface area contributed by atoms with Crippen molar-refractivity contribution >= 4 is 33.5 Å². The summed E-state index contributed by atoms with van der Waals surface area (Å²) >= 11 is 2.30. The van der Waals surface area contributed by atoms with Gasteiger partial charge in [0.05, 0.1) is 0 Å². The van der Waals surface area contributed by atoms with Crippen LogP contribution in [0.2, 0.25) is 0 Å². The summed E-state index contributed by atoms with van der Waals surface area (Å²) in [6.45, 7) is 2.04. The van der Waals surface area contributed by atoms with E-state index in [9.17, 15) is 4.79 Å². The molecule has 1 atom stereocenters. The maximum Gasteiger partial charge on any atom is 0.272 e. The standard InChI is InChI=1S/C12H14IN3O/c13-10-7-16(8-2-1-4-14-6-8)11-9(10)3-5-15-12(11)17/h3,5,7-8,14H,1-2,4,6H2,(H,15,17). The predicted molar refractivity (Wildman–Crippen MR) is 76.4 cm³/mol. The quantitative estimate of drug-likeness (QED) is 0.777. The lowest BCUT2D eigenvalue weighted by atomic mass is 10.1. The highest BCUT2D eigenvalue weighted by molar-refractivity contribution is 14.1. The number of fused-ring (bicyclic) bond motifs is 1. The second-order valence-corrected chi connectivity index (χ2v) is 5.62. The third-order valence-electron chi connectivity index (χ3n) is 3.37. The normalized spacial score (nSPS) is 20.9. The fraction of sp³-hybridized carbons (Fsp3) is 0.417. The van der Waals surface area contributed by atoms with E-state index < -0.39 is 0 Å². The Kier molecular flexibility index (Phi) is 2.96. The van der Waals surface area contributed by atoms with Crippen LogP contribution in [-0.2, 0) is 0 Å². The Labute approximate surface area is 113 Å². The van der Waals surface area contributed by atoms with Crippen molar-refractivity contribution in [3.63, 3.8) is 0 Å². The van der Waals surface area contributed by atoms with Crippen molar-refractivity contribution in [1.29, 1.82) is 0 Å². The average molecular weight is 343 g/mol. The third-order valence-corrected chi connectivity index (χ3v) is 4.23. The van der Waals surface area contributed by atoms with E-state index in [1.54, 1.807) is 6.20 Å². The number of aromatic amines is 1. The van der Waals surface area contributed by atoms with Gasteiger partial charge in [-0.25, -0.2) is 0 Å². The van der Waals surface area contributed by atoms with Crippen LogP contribution in [0.3, 0.4) is 0 Å². The van der Waals surface area contributed by atoms with Crippen molar-refractivity contribution < 1.29 is 0 Å².